The molecule has 0 saturated carbocycles. The van der Waals surface area contributed by atoms with E-state index in [9.17, 15) is 9.59 Å². The average molecular weight is 347 g/mol. The largest absolute Gasteiger partial charge is 0.324 e. The molecule has 2 aromatic rings. The van der Waals surface area contributed by atoms with Gasteiger partial charge in [-0.1, -0.05) is 15.9 Å². The molecule has 3 rings (SSSR count). The van der Waals surface area contributed by atoms with Gasteiger partial charge in [-0.3, -0.25) is 25.3 Å². The summed E-state index contributed by atoms with van der Waals surface area (Å²) in [6, 6.07) is 8.43. The first-order valence-electron chi connectivity index (χ1n) is 6.17. The zero-order valence-corrected chi connectivity index (χ0v) is 12.4. The van der Waals surface area contributed by atoms with Crippen LogP contribution in [0.2, 0.25) is 0 Å². The molecule has 106 valence electrons. The van der Waals surface area contributed by atoms with E-state index in [4.69, 9.17) is 5.84 Å². The van der Waals surface area contributed by atoms with Crippen LogP contribution < -0.4 is 11.3 Å². The monoisotopic (exact) mass is 346 g/mol. The Morgan fingerprint density at radius 2 is 1.90 bits per heavy atom. The molecule has 7 heteroatoms. The maximum absolute atomic E-state index is 12.3. The van der Waals surface area contributed by atoms with Crippen molar-refractivity contribution in [1.29, 1.82) is 0 Å². The van der Waals surface area contributed by atoms with Crippen LogP contribution in [-0.4, -0.2) is 21.7 Å². The van der Waals surface area contributed by atoms with Gasteiger partial charge in [0.2, 0.25) is 0 Å². The lowest BCUT2D eigenvalue weighted by Gasteiger charge is -2.13. The Balaban J connectivity index is 1.91. The Bertz CT molecular complexity index is 748. The molecule has 0 atom stereocenters. The lowest BCUT2D eigenvalue weighted by molar-refractivity contribution is 0.0640. The Hall–Kier alpha value is -2.25. The van der Waals surface area contributed by atoms with Gasteiger partial charge in [-0.05, 0) is 30.3 Å². The molecule has 2 amide bonds. The summed E-state index contributed by atoms with van der Waals surface area (Å²) in [5.74, 6) is 4.71. The number of nitrogen functional groups attached to an aromatic ring is 1. The fraction of sp³-hybridized carbons (Fsp3) is 0.0714. The molecule has 0 fully saturated rings. The van der Waals surface area contributed by atoms with Crippen molar-refractivity contribution in [2.75, 3.05) is 5.43 Å². The number of nitrogens with zero attached hydrogens (tertiary/aromatic N) is 2. The number of carbonyl (C=O) groups is 2. The lowest BCUT2D eigenvalue weighted by atomic mass is 10.1. The van der Waals surface area contributed by atoms with Crippen LogP contribution in [-0.2, 0) is 6.54 Å². The minimum atomic E-state index is -0.316. The second-order valence-corrected chi connectivity index (χ2v) is 5.48. The molecule has 0 spiro atoms. The number of aromatic nitrogens is 1. The fourth-order valence-corrected chi connectivity index (χ4v) is 2.58. The van der Waals surface area contributed by atoms with Crippen molar-refractivity contribution in [2.45, 2.75) is 6.54 Å². The normalized spacial score (nSPS) is 13.5. The van der Waals surface area contributed by atoms with Crippen molar-refractivity contribution in [2.24, 2.45) is 5.84 Å². The number of amides is 2. The number of pyridine rings is 1. The number of nitrogens with two attached hydrogens (primary N) is 1. The van der Waals surface area contributed by atoms with Crippen molar-refractivity contribution in [3.05, 3.63) is 57.8 Å². The van der Waals surface area contributed by atoms with E-state index in [0.29, 0.717) is 22.5 Å². The Kier molecular flexibility index (Phi) is 3.44. The number of rotatable bonds is 3. The van der Waals surface area contributed by atoms with Crippen LogP contribution in [0.25, 0.3) is 0 Å². The molecule has 2 heterocycles. The maximum Gasteiger partial charge on any atom is 0.261 e. The topological polar surface area (TPSA) is 88.3 Å². The first-order valence-corrected chi connectivity index (χ1v) is 6.97. The Labute approximate surface area is 129 Å². The van der Waals surface area contributed by atoms with E-state index in [1.165, 1.54) is 4.90 Å². The SMILES string of the molecule is NNc1ccnc(CN2C(=O)c3ccc(Br)cc3C2=O)c1. The molecule has 6 nitrogen and oxygen atoms in total. The zero-order valence-electron chi connectivity index (χ0n) is 10.8. The molecular weight excluding hydrogens is 336 g/mol. The molecule has 21 heavy (non-hydrogen) atoms. The van der Waals surface area contributed by atoms with Crippen LogP contribution in [0.3, 0.4) is 0 Å². The van der Waals surface area contributed by atoms with Gasteiger partial charge in [0, 0.05) is 10.7 Å². The van der Waals surface area contributed by atoms with Gasteiger partial charge in [0.1, 0.15) is 0 Å². The van der Waals surface area contributed by atoms with E-state index < -0.39 is 0 Å². The lowest BCUT2D eigenvalue weighted by Crippen LogP contribution is -2.29. The second kappa shape index (κ2) is 5.27. The highest BCUT2D eigenvalue weighted by Gasteiger charge is 2.35. The predicted octanol–water partition coefficient (Wildman–Crippen LogP) is 1.93. The number of hydrazine groups is 1. The highest BCUT2D eigenvalue weighted by Crippen LogP contribution is 2.27. The minimum Gasteiger partial charge on any atom is -0.324 e. The van der Waals surface area contributed by atoms with Crippen LogP contribution in [0, 0.1) is 0 Å². The number of nitrogens with one attached hydrogen (secondary N) is 1. The highest BCUT2D eigenvalue weighted by molar-refractivity contribution is 9.10. The van der Waals surface area contributed by atoms with Crippen LogP contribution in [0.1, 0.15) is 26.4 Å². The number of hydrogen-bond acceptors (Lipinski definition) is 5. The van der Waals surface area contributed by atoms with Crippen LogP contribution in [0.4, 0.5) is 5.69 Å². The first-order chi connectivity index (χ1) is 10.1. The van der Waals surface area contributed by atoms with E-state index in [-0.39, 0.29) is 18.4 Å². The molecule has 0 saturated heterocycles. The van der Waals surface area contributed by atoms with Crippen molar-refractivity contribution < 1.29 is 9.59 Å². The smallest absolute Gasteiger partial charge is 0.261 e. The van der Waals surface area contributed by atoms with Gasteiger partial charge in [-0.2, -0.15) is 0 Å². The number of carbonyl (C=O) groups excluding carboxylic acids is 2. The number of benzene rings is 1. The van der Waals surface area contributed by atoms with Crippen molar-refractivity contribution in [3.63, 3.8) is 0 Å². The third kappa shape index (κ3) is 2.41. The third-order valence-electron chi connectivity index (χ3n) is 3.24. The van der Waals surface area contributed by atoms with Crippen LogP contribution in [0.5, 0.6) is 0 Å². The van der Waals surface area contributed by atoms with Gasteiger partial charge in [0.05, 0.1) is 29.1 Å². The predicted molar refractivity (Wildman–Crippen MR) is 80.4 cm³/mol. The zero-order chi connectivity index (χ0) is 15.0. The van der Waals surface area contributed by atoms with E-state index in [2.05, 4.69) is 26.3 Å². The first kappa shape index (κ1) is 13.7. The summed E-state index contributed by atoms with van der Waals surface area (Å²) in [5, 5.41) is 0. The number of hydrogen-bond donors (Lipinski definition) is 2. The van der Waals surface area contributed by atoms with Crippen LogP contribution >= 0.6 is 15.9 Å². The standard InChI is InChI=1S/C14H11BrN4O2/c15-8-1-2-11-12(5-8)14(21)19(13(11)20)7-10-6-9(18-16)3-4-17-10/h1-6H,7,16H2,(H,17,18). The number of fused-ring (bicyclic) bond motifs is 1. The minimum absolute atomic E-state index is 0.111. The molecule has 0 unspecified atom stereocenters. The van der Waals surface area contributed by atoms with Crippen molar-refractivity contribution >= 4 is 33.4 Å². The summed E-state index contributed by atoms with van der Waals surface area (Å²) in [6.45, 7) is 0.111. The summed E-state index contributed by atoms with van der Waals surface area (Å²) in [5.41, 5.74) is 4.57. The van der Waals surface area contributed by atoms with Crippen LogP contribution in [0.15, 0.2) is 41.0 Å². The van der Waals surface area contributed by atoms with Gasteiger partial charge < -0.3 is 5.43 Å². The van der Waals surface area contributed by atoms with E-state index in [1.54, 1.807) is 36.5 Å². The maximum atomic E-state index is 12.3. The van der Waals surface area contributed by atoms with Gasteiger partial charge in [-0.15, -0.1) is 0 Å². The molecule has 1 aliphatic heterocycles. The summed E-state index contributed by atoms with van der Waals surface area (Å²) in [4.78, 5) is 30.0. The molecular formula is C14H11BrN4O2. The molecule has 3 N–H and O–H groups in total. The Morgan fingerprint density at radius 3 is 2.67 bits per heavy atom. The number of imide groups is 1. The molecule has 0 radical (unpaired) electrons. The Morgan fingerprint density at radius 1 is 1.14 bits per heavy atom. The van der Waals surface area contributed by atoms with Gasteiger partial charge in [0.25, 0.3) is 11.8 Å². The summed E-state index contributed by atoms with van der Waals surface area (Å²) < 4.78 is 0.761. The average Bonchev–Trinajstić information content (AvgIpc) is 2.72. The van der Waals surface area contributed by atoms with E-state index >= 15 is 0 Å². The molecule has 1 aromatic heterocycles. The summed E-state index contributed by atoms with van der Waals surface area (Å²) >= 11 is 3.30. The van der Waals surface area contributed by atoms with Crippen molar-refractivity contribution in [3.8, 4) is 0 Å². The number of halogens is 1. The summed E-state index contributed by atoms with van der Waals surface area (Å²) in [7, 11) is 0. The highest BCUT2D eigenvalue weighted by atomic mass is 79.9. The van der Waals surface area contributed by atoms with Crippen molar-refractivity contribution in [1.82, 2.24) is 9.88 Å². The summed E-state index contributed by atoms with van der Waals surface area (Å²) in [6.07, 6.45) is 1.57. The molecule has 1 aliphatic rings. The third-order valence-corrected chi connectivity index (χ3v) is 3.73. The number of anilines is 1. The quantitative estimate of drug-likeness (QED) is 0.503. The molecule has 0 aliphatic carbocycles. The van der Waals surface area contributed by atoms with E-state index in [0.717, 1.165) is 4.47 Å². The molecule has 1 aromatic carbocycles. The second-order valence-electron chi connectivity index (χ2n) is 4.57. The molecule has 0 bridgehead atoms. The van der Waals surface area contributed by atoms with E-state index in [1.807, 2.05) is 0 Å². The van der Waals surface area contributed by atoms with Gasteiger partial charge in [0.15, 0.2) is 0 Å². The fourth-order valence-electron chi connectivity index (χ4n) is 2.22. The van der Waals surface area contributed by atoms with Gasteiger partial charge in [-0.25, -0.2) is 0 Å². The van der Waals surface area contributed by atoms with Gasteiger partial charge >= 0.3 is 0 Å².